The normalized spacial score (nSPS) is 10.6. The zero-order valence-corrected chi connectivity index (χ0v) is 16.5. The van der Waals surface area contributed by atoms with Crippen LogP contribution in [0.4, 0.5) is 0 Å². The van der Waals surface area contributed by atoms with Crippen molar-refractivity contribution < 1.29 is 19.5 Å². The molecule has 3 aromatic rings. The Morgan fingerprint density at radius 3 is 1.83 bits per heavy atom. The van der Waals surface area contributed by atoms with Crippen LogP contribution < -0.4 is 0 Å². The molecular weight excluding hydrogens is 368 g/mol. The Morgan fingerprint density at radius 2 is 1.34 bits per heavy atom. The van der Waals surface area contributed by atoms with E-state index in [2.05, 4.69) is 0 Å². The Balaban J connectivity index is 1.80. The predicted molar refractivity (Wildman–Crippen MR) is 110 cm³/mol. The minimum absolute atomic E-state index is 0.0534. The molecule has 6 heteroatoms. The minimum atomic E-state index is -0.937. The van der Waals surface area contributed by atoms with Crippen LogP contribution >= 0.6 is 0 Å². The fourth-order valence-corrected chi connectivity index (χ4v) is 3.14. The molecular formula is C23H22N2O4. The van der Waals surface area contributed by atoms with E-state index in [9.17, 15) is 14.4 Å². The van der Waals surface area contributed by atoms with E-state index in [1.54, 1.807) is 62.1 Å². The number of rotatable bonds is 6. The Morgan fingerprint density at radius 1 is 0.828 bits per heavy atom. The quantitative estimate of drug-likeness (QED) is 0.655. The molecule has 1 aromatic heterocycles. The van der Waals surface area contributed by atoms with Crippen LogP contribution in [-0.4, -0.2) is 46.3 Å². The summed E-state index contributed by atoms with van der Waals surface area (Å²) >= 11 is 0. The van der Waals surface area contributed by atoms with Gasteiger partial charge in [-0.1, -0.05) is 36.4 Å². The molecule has 0 saturated heterocycles. The molecule has 148 valence electrons. The fraction of sp³-hybridized carbons (Fsp3) is 0.174. The molecule has 0 spiro atoms. The number of aliphatic carboxylic acids is 1. The molecule has 29 heavy (non-hydrogen) atoms. The van der Waals surface area contributed by atoms with Crippen LogP contribution in [0.15, 0.2) is 60.7 Å². The smallest absolute Gasteiger partial charge is 0.309 e. The summed E-state index contributed by atoms with van der Waals surface area (Å²) in [4.78, 5) is 37.2. The van der Waals surface area contributed by atoms with Gasteiger partial charge in [0.05, 0.1) is 12.1 Å². The Hall–Kier alpha value is -3.67. The van der Waals surface area contributed by atoms with Gasteiger partial charge in [0.15, 0.2) is 0 Å². The van der Waals surface area contributed by atoms with Gasteiger partial charge in [0.1, 0.15) is 0 Å². The fourth-order valence-electron chi connectivity index (χ4n) is 3.14. The summed E-state index contributed by atoms with van der Waals surface area (Å²) in [7, 11) is 5.11. The maximum Gasteiger partial charge on any atom is 0.309 e. The average molecular weight is 390 g/mol. The number of amides is 1. The highest BCUT2D eigenvalue weighted by molar-refractivity contribution is 6.08. The van der Waals surface area contributed by atoms with Gasteiger partial charge in [-0.25, -0.2) is 0 Å². The lowest BCUT2D eigenvalue weighted by molar-refractivity contribution is -0.136. The lowest BCUT2D eigenvalue weighted by Crippen LogP contribution is -2.21. The topological polar surface area (TPSA) is 79.6 Å². The third-order valence-corrected chi connectivity index (χ3v) is 4.81. The number of ketones is 1. The SMILES string of the molecule is CN(C)C(=O)c1ccc(-c2ccc(C(=O)c3ccc(CC(=O)O)n3C)cc2)cc1. The van der Waals surface area contributed by atoms with E-state index >= 15 is 0 Å². The van der Waals surface area contributed by atoms with Gasteiger partial charge in [-0.2, -0.15) is 0 Å². The van der Waals surface area contributed by atoms with Crippen molar-refractivity contribution >= 4 is 17.7 Å². The van der Waals surface area contributed by atoms with Crippen LogP contribution in [0.5, 0.6) is 0 Å². The number of carboxylic acid groups (broad SMARTS) is 1. The van der Waals surface area contributed by atoms with Crippen LogP contribution in [-0.2, 0) is 18.3 Å². The van der Waals surface area contributed by atoms with E-state index in [-0.39, 0.29) is 18.1 Å². The first-order chi connectivity index (χ1) is 13.8. The third-order valence-electron chi connectivity index (χ3n) is 4.81. The number of carbonyl (C=O) groups is 3. The molecule has 2 aromatic carbocycles. The van der Waals surface area contributed by atoms with Crippen LogP contribution in [0.1, 0.15) is 32.1 Å². The number of carbonyl (C=O) groups excluding carboxylic acids is 2. The van der Waals surface area contributed by atoms with E-state index in [1.807, 2.05) is 24.3 Å². The van der Waals surface area contributed by atoms with Crippen molar-refractivity contribution in [2.24, 2.45) is 7.05 Å². The van der Waals surface area contributed by atoms with Crippen LogP contribution in [0.2, 0.25) is 0 Å². The molecule has 0 aliphatic carbocycles. The molecule has 0 aliphatic rings. The first kappa shape index (κ1) is 20.1. The van der Waals surface area contributed by atoms with Gasteiger partial charge in [-0.15, -0.1) is 0 Å². The maximum atomic E-state index is 12.8. The van der Waals surface area contributed by atoms with Crippen molar-refractivity contribution in [3.05, 3.63) is 83.2 Å². The van der Waals surface area contributed by atoms with Crippen molar-refractivity contribution in [1.82, 2.24) is 9.47 Å². The molecule has 0 bridgehead atoms. The van der Waals surface area contributed by atoms with Crippen LogP contribution in [0.3, 0.4) is 0 Å². The maximum absolute atomic E-state index is 12.8. The number of aromatic nitrogens is 1. The van der Waals surface area contributed by atoms with Gasteiger partial charge in [-0.05, 0) is 35.4 Å². The third kappa shape index (κ3) is 4.27. The zero-order valence-electron chi connectivity index (χ0n) is 16.5. The van der Waals surface area contributed by atoms with E-state index in [1.165, 1.54) is 4.90 Å². The van der Waals surface area contributed by atoms with Gasteiger partial charge in [0, 0.05) is 38.0 Å². The van der Waals surface area contributed by atoms with E-state index < -0.39 is 5.97 Å². The highest BCUT2D eigenvalue weighted by atomic mass is 16.4. The lowest BCUT2D eigenvalue weighted by atomic mass is 10.0. The summed E-state index contributed by atoms with van der Waals surface area (Å²) in [6.45, 7) is 0. The molecule has 0 atom stereocenters. The molecule has 0 saturated carbocycles. The van der Waals surface area contributed by atoms with Crippen molar-refractivity contribution in [3.63, 3.8) is 0 Å². The van der Waals surface area contributed by atoms with Crippen molar-refractivity contribution in [1.29, 1.82) is 0 Å². The number of benzene rings is 2. The van der Waals surface area contributed by atoms with Crippen molar-refractivity contribution in [3.8, 4) is 11.1 Å². The second kappa shape index (κ2) is 8.14. The van der Waals surface area contributed by atoms with Gasteiger partial charge >= 0.3 is 5.97 Å². The monoisotopic (exact) mass is 390 g/mol. The van der Waals surface area contributed by atoms with Gasteiger partial charge in [0.25, 0.3) is 5.91 Å². The molecule has 6 nitrogen and oxygen atoms in total. The van der Waals surface area contributed by atoms with Crippen LogP contribution in [0.25, 0.3) is 11.1 Å². The first-order valence-corrected chi connectivity index (χ1v) is 9.11. The molecule has 1 amide bonds. The summed E-state index contributed by atoms with van der Waals surface area (Å²) in [6, 6.07) is 17.8. The van der Waals surface area contributed by atoms with E-state index in [0.29, 0.717) is 22.5 Å². The number of carboxylic acids is 1. The molecule has 0 unspecified atom stereocenters. The highest BCUT2D eigenvalue weighted by Crippen LogP contribution is 2.22. The second-order valence-electron chi connectivity index (χ2n) is 7.02. The largest absolute Gasteiger partial charge is 0.481 e. The van der Waals surface area contributed by atoms with Gasteiger partial charge < -0.3 is 14.6 Å². The first-order valence-electron chi connectivity index (χ1n) is 9.11. The second-order valence-corrected chi connectivity index (χ2v) is 7.02. The molecule has 0 aliphatic heterocycles. The standard InChI is InChI=1S/C23H22N2O4/c1-24(2)23(29)18-10-6-16(7-11-18)15-4-8-17(9-5-15)22(28)20-13-12-19(25(20)3)14-21(26)27/h4-13H,14H2,1-3H3,(H,26,27). The number of nitrogens with zero attached hydrogens (tertiary/aromatic N) is 2. The molecule has 1 heterocycles. The summed E-state index contributed by atoms with van der Waals surface area (Å²) in [5.41, 5.74) is 4.04. The van der Waals surface area contributed by atoms with Gasteiger partial charge in [0.2, 0.25) is 5.78 Å². The van der Waals surface area contributed by atoms with E-state index in [0.717, 1.165) is 11.1 Å². The minimum Gasteiger partial charge on any atom is -0.481 e. The van der Waals surface area contributed by atoms with Crippen molar-refractivity contribution in [2.45, 2.75) is 6.42 Å². The summed E-state index contributed by atoms with van der Waals surface area (Å²) in [5, 5.41) is 8.95. The number of hydrogen-bond donors (Lipinski definition) is 1. The number of hydrogen-bond acceptors (Lipinski definition) is 3. The van der Waals surface area contributed by atoms with Crippen molar-refractivity contribution in [2.75, 3.05) is 14.1 Å². The van der Waals surface area contributed by atoms with Gasteiger partial charge in [-0.3, -0.25) is 14.4 Å². The molecule has 0 radical (unpaired) electrons. The molecule has 1 N–H and O–H groups in total. The highest BCUT2D eigenvalue weighted by Gasteiger charge is 2.16. The zero-order chi connectivity index (χ0) is 21.1. The lowest BCUT2D eigenvalue weighted by Gasteiger charge is -2.11. The Labute approximate surface area is 169 Å². The van der Waals surface area contributed by atoms with Crippen LogP contribution in [0, 0.1) is 0 Å². The van der Waals surface area contributed by atoms with E-state index in [4.69, 9.17) is 5.11 Å². The molecule has 3 rings (SSSR count). The Bertz CT molecular complexity index is 1060. The molecule has 0 fully saturated rings. The average Bonchev–Trinajstić information content (AvgIpc) is 3.06. The Kier molecular flexibility index (Phi) is 5.64. The summed E-state index contributed by atoms with van der Waals surface area (Å²) in [6.07, 6.45) is -0.130. The summed E-state index contributed by atoms with van der Waals surface area (Å²) in [5.74, 6) is -1.15. The predicted octanol–water partition coefficient (Wildman–Crippen LogP) is 3.25. The summed E-state index contributed by atoms with van der Waals surface area (Å²) < 4.78 is 1.62.